The molecule has 0 atom stereocenters. The number of piperidine rings is 1. The number of aromatic nitrogens is 1. The number of anilines is 1. The summed E-state index contributed by atoms with van der Waals surface area (Å²) in [6, 6.07) is 2.16. The van der Waals surface area contributed by atoms with Crippen LogP contribution in [0.3, 0.4) is 0 Å². The number of benzene rings is 1. The third kappa shape index (κ3) is 4.82. The minimum atomic E-state index is -0.986. The van der Waals surface area contributed by atoms with Crippen LogP contribution in [0.25, 0.3) is 10.9 Å². The largest absolute Gasteiger partial charge is 0.370 e. The van der Waals surface area contributed by atoms with E-state index in [2.05, 4.69) is 4.98 Å². The summed E-state index contributed by atoms with van der Waals surface area (Å²) in [4.78, 5) is 38.0. The van der Waals surface area contributed by atoms with Crippen molar-refractivity contribution in [1.29, 1.82) is 0 Å². The van der Waals surface area contributed by atoms with Crippen LogP contribution in [0.4, 0.5) is 19.3 Å². The zero-order valence-electron chi connectivity index (χ0n) is 21.3. The van der Waals surface area contributed by atoms with Crippen molar-refractivity contribution < 1.29 is 27.8 Å². The Morgan fingerprint density at radius 2 is 1.54 bits per heavy atom. The van der Waals surface area contributed by atoms with Gasteiger partial charge < -0.3 is 29.1 Å². The van der Waals surface area contributed by atoms with Crippen LogP contribution in [-0.2, 0) is 9.47 Å². The van der Waals surface area contributed by atoms with Gasteiger partial charge in [-0.1, -0.05) is 0 Å². The van der Waals surface area contributed by atoms with Gasteiger partial charge in [0.25, 0.3) is 5.91 Å². The maximum atomic E-state index is 14.4. The number of ether oxygens (including phenoxy) is 2. The Hall–Kier alpha value is -3.05. The molecule has 4 heterocycles. The number of carbonyl (C=O) groups excluding carboxylic acids is 2. The first kappa shape index (κ1) is 25.6. The van der Waals surface area contributed by atoms with Crippen molar-refractivity contribution in [2.45, 2.75) is 32.5 Å². The number of piperazine rings is 1. The molecule has 0 saturated carbocycles. The van der Waals surface area contributed by atoms with E-state index in [9.17, 15) is 18.4 Å². The molecular formula is C26H33F2N5O4. The molecule has 3 amide bonds. The molecule has 2 aromatic rings. The first-order valence-electron chi connectivity index (χ1n) is 13.0. The van der Waals surface area contributed by atoms with Gasteiger partial charge in [-0.15, -0.1) is 0 Å². The number of halogens is 2. The maximum absolute atomic E-state index is 14.4. The van der Waals surface area contributed by atoms with Gasteiger partial charge in [0, 0.05) is 82.8 Å². The fourth-order valence-electron chi connectivity index (χ4n) is 5.49. The van der Waals surface area contributed by atoms with E-state index < -0.39 is 17.4 Å². The van der Waals surface area contributed by atoms with E-state index in [0.29, 0.717) is 95.1 Å². The topological polar surface area (TPSA) is 78.5 Å². The zero-order valence-corrected chi connectivity index (χ0v) is 21.3. The Kier molecular flexibility index (Phi) is 7.17. The number of hydrogen-bond donors (Lipinski definition) is 0. The van der Waals surface area contributed by atoms with Crippen LogP contribution in [0.5, 0.6) is 0 Å². The van der Waals surface area contributed by atoms with Gasteiger partial charge in [-0.3, -0.25) is 9.78 Å². The molecule has 0 N–H and O–H groups in total. The zero-order chi connectivity index (χ0) is 26.2. The van der Waals surface area contributed by atoms with Gasteiger partial charge in [0.2, 0.25) is 0 Å². The predicted octanol–water partition coefficient (Wildman–Crippen LogP) is 3.08. The van der Waals surface area contributed by atoms with Crippen LogP contribution >= 0.6 is 0 Å². The first-order valence-corrected chi connectivity index (χ1v) is 13.0. The third-order valence-corrected chi connectivity index (χ3v) is 7.64. The van der Waals surface area contributed by atoms with Gasteiger partial charge in [-0.05, 0) is 19.9 Å². The minimum Gasteiger partial charge on any atom is -0.370 e. The predicted molar refractivity (Wildman–Crippen MR) is 134 cm³/mol. The van der Waals surface area contributed by atoms with Gasteiger partial charge in [0.05, 0.1) is 30.0 Å². The quantitative estimate of drug-likeness (QED) is 0.621. The smallest absolute Gasteiger partial charge is 0.320 e. The lowest BCUT2D eigenvalue weighted by Gasteiger charge is -2.40. The van der Waals surface area contributed by atoms with Crippen LogP contribution in [0.1, 0.15) is 37.0 Å². The molecular weight excluding hydrogens is 484 g/mol. The van der Waals surface area contributed by atoms with Crippen LogP contribution < -0.4 is 4.90 Å². The maximum Gasteiger partial charge on any atom is 0.320 e. The fraction of sp³-hybridized carbons (Fsp3) is 0.577. The standard InChI is InChI=1S/C26H33F2N5O4/c1-3-30(4-2)25(35)33-11-9-32(10-12-33)24(34)19-17-29-22-16-21(28)20(27)15-18(22)23(19)31-7-5-26(6-8-31)36-13-14-37-26/h15-17H,3-14H2,1-2H3. The summed E-state index contributed by atoms with van der Waals surface area (Å²) in [7, 11) is 0. The van der Waals surface area contributed by atoms with Crippen molar-refractivity contribution in [2.24, 2.45) is 0 Å². The summed E-state index contributed by atoms with van der Waals surface area (Å²) in [5, 5.41) is 0.393. The van der Waals surface area contributed by atoms with E-state index in [1.165, 1.54) is 6.20 Å². The third-order valence-electron chi connectivity index (χ3n) is 7.64. The van der Waals surface area contributed by atoms with Gasteiger partial charge in [0.15, 0.2) is 17.4 Å². The lowest BCUT2D eigenvalue weighted by Crippen LogP contribution is -2.54. The summed E-state index contributed by atoms with van der Waals surface area (Å²) >= 11 is 0. The molecule has 1 spiro atoms. The molecule has 3 aliphatic heterocycles. The number of fused-ring (bicyclic) bond motifs is 1. The normalized spacial score (nSPS) is 19.6. The highest BCUT2D eigenvalue weighted by Gasteiger charge is 2.41. The highest BCUT2D eigenvalue weighted by atomic mass is 19.2. The lowest BCUT2D eigenvalue weighted by molar-refractivity contribution is -0.169. The van der Waals surface area contributed by atoms with Crippen molar-refractivity contribution in [3.05, 3.63) is 35.5 Å². The molecule has 200 valence electrons. The molecule has 1 aromatic carbocycles. The Morgan fingerprint density at radius 1 is 0.946 bits per heavy atom. The average molecular weight is 518 g/mol. The average Bonchev–Trinajstić information content (AvgIpc) is 3.37. The second kappa shape index (κ2) is 10.4. The van der Waals surface area contributed by atoms with Crippen LogP contribution in [0.2, 0.25) is 0 Å². The Labute approximate surface area is 214 Å². The Balaban J connectivity index is 1.42. The van der Waals surface area contributed by atoms with Gasteiger partial charge in [-0.2, -0.15) is 0 Å². The van der Waals surface area contributed by atoms with E-state index in [4.69, 9.17) is 9.47 Å². The van der Waals surface area contributed by atoms with E-state index in [0.717, 1.165) is 12.1 Å². The number of pyridine rings is 1. The molecule has 0 radical (unpaired) electrons. The van der Waals surface area contributed by atoms with Gasteiger partial charge in [-0.25, -0.2) is 13.6 Å². The van der Waals surface area contributed by atoms with Crippen molar-refractivity contribution in [2.75, 3.05) is 70.5 Å². The number of carbonyl (C=O) groups is 2. The SMILES string of the molecule is CCN(CC)C(=O)N1CCN(C(=O)c2cnc3cc(F)c(F)cc3c2N2CCC3(CC2)OCCO3)CC1. The second-order valence-electron chi connectivity index (χ2n) is 9.63. The van der Waals surface area contributed by atoms with E-state index in [-0.39, 0.29) is 17.5 Å². The fourth-order valence-corrected chi connectivity index (χ4v) is 5.49. The molecule has 1 aromatic heterocycles. The molecule has 0 unspecified atom stereocenters. The van der Waals surface area contributed by atoms with Crippen molar-refractivity contribution in [1.82, 2.24) is 19.7 Å². The molecule has 9 nitrogen and oxygen atoms in total. The monoisotopic (exact) mass is 517 g/mol. The number of amides is 3. The Morgan fingerprint density at radius 3 is 2.16 bits per heavy atom. The summed E-state index contributed by atoms with van der Waals surface area (Å²) in [5.41, 5.74) is 1.17. The highest BCUT2D eigenvalue weighted by Crippen LogP contribution is 2.38. The summed E-state index contributed by atoms with van der Waals surface area (Å²) in [5.74, 6) is -2.82. The van der Waals surface area contributed by atoms with E-state index >= 15 is 0 Å². The molecule has 3 aliphatic rings. The lowest BCUT2D eigenvalue weighted by atomic mass is 9.99. The van der Waals surface area contributed by atoms with Gasteiger partial charge >= 0.3 is 6.03 Å². The van der Waals surface area contributed by atoms with Crippen molar-refractivity contribution in [3.63, 3.8) is 0 Å². The molecule has 0 bridgehead atoms. The van der Waals surface area contributed by atoms with Crippen molar-refractivity contribution in [3.8, 4) is 0 Å². The number of urea groups is 1. The molecule has 3 saturated heterocycles. The first-order chi connectivity index (χ1) is 17.9. The minimum absolute atomic E-state index is 0.0266. The molecule has 37 heavy (non-hydrogen) atoms. The number of rotatable bonds is 4. The number of hydrogen-bond acceptors (Lipinski definition) is 6. The summed E-state index contributed by atoms with van der Waals surface area (Å²) in [6.07, 6.45) is 2.65. The van der Waals surface area contributed by atoms with E-state index in [1.54, 1.807) is 14.7 Å². The van der Waals surface area contributed by atoms with Crippen LogP contribution in [0.15, 0.2) is 18.3 Å². The van der Waals surface area contributed by atoms with Crippen LogP contribution in [0, 0.1) is 11.6 Å². The molecule has 5 rings (SSSR count). The van der Waals surface area contributed by atoms with Crippen LogP contribution in [-0.4, -0.2) is 103 Å². The van der Waals surface area contributed by atoms with Crippen molar-refractivity contribution >= 4 is 28.5 Å². The Bertz CT molecular complexity index is 1170. The van der Waals surface area contributed by atoms with Gasteiger partial charge in [0.1, 0.15) is 0 Å². The summed E-state index contributed by atoms with van der Waals surface area (Å²) in [6.45, 7) is 8.93. The molecule has 0 aliphatic carbocycles. The second-order valence-corrected chi connectivity index (χ2v) is 9.63. The highest BCUT2D eigenvalue weighted by molar-refractivity contribution is 6.07. The van der Waals surface area contributed by atoms with E-state index in [1.807, 2.05) is 18.7 Å². The molecule has 11 heteroatoms. The summed E-state index contributed by atoms with van der Waals surface area (Å²) < 4.78 is 40.1. The molecule has 3 fully saturated rings. The number of nitrogens with zero attached hydrogens (tertiary/aromatic N) is 5.